The second kappa shape index (κ2) is 5.51. The molecule has 0 atom stereocenters. The van der Waals surface area contributed by atoms with E-state index in [0.717, 1.165) is 31.5 Å². The largest absolute Gasteiger partial charge is 0.294 e. The van der Waals surface area contributed by atoms with Crippen LogP contribution in [-0.4, -0.2) is 9.55 Å². The minimum absolute atomic E-state index is 0.368. The fourth-order valence-electron chi connectivity index (χ4n) is 2.26. The van der Waals surface area contributed by atoms with E-state index < -0.39 is 0 Å². The molecule has 0 saturated heterocycles. The number of hydrogen-bond donors (Lipinski definition) is 0. The summed E-state index contributed by atoms with van der Waals surface area (Å²) in [5.41, 5.74) is 4.25. The van der Waals surface area contributed by atoms with Gasteiger partial charge < -0.3 is 0 Å². The van der Waals surface area contributed by atoms with Crippen LogP contribution < -0.4 is 0 Å². The molecule has 0 bridgehead atoms. The third-order valence-electron chi connectivity index (χ3n) is 3.15. The van der Waals surface area contributed by atoms with Crippen LogP contribution in [0.4, 0.5) is 0 Å². The van der Waals surface area contributed by atoms with Gasteiger partial charge in [0.2, 0.25) is 0 Å². The highest BCUT2D eigenvalue weighted by molar-refractivity contribution is 9.11. The SMILES string of the molecule is Cc1ccc2c(c1)nc(CCl)n2-c1cc(Br)ccc1Br. The van der Waals surface area contributed by atoms with Crippen molar-refractivity contribution in [1.82, 2.24) is 9.55 Å². The van der Waals surface area contributed by atoms with Crippen LogP contribution in [0, 0.1) is 6.92 Å². The maximum absolute atomic E-state index is 6.08. The summed E-state index contributed by atoms with van der Waals surface area (Å²) in [6.07, 6.45) is 0. The summed E-state index contributed by atoms with van der Waals surface area (Å²) in [5.74, 6) is 1.21. The Morgan fingerprint density at radius 2 is 1.95 bits per heavy atom. The minimum Gasteiger partial charge on any atom is -0.294 e. The lowest BCUT2D eigenvalue weighted by Gasteiger charge is -2.10. The first kappa shape index (κ1) is 14.1. The number of imidazole rings is 1. The topological polar surface area (TPSA) is 17.8 Å². The standard InChI is InChI=1S/C15H11Br2ClN2/c1-9-2-5-13-12(6-9)19-15(8-18)20(13)14-7-10(16)3-4-11(14)17/h2-7H,8H2,1H3. The predicted molar refractivity (Wildman–Crippen MR) is 90.8 cm³/mol. The molecule has 3 rings (SSSR count). The molecule has 0 aliphatic rings. The molecule has 0 saturated carbocycles. The third-order valence-corrected chi connectivity index (χ3v) is 4.55. The van der Waals surface area contributed by atoms with Crippen LogP contribution in [0.5, 0.6) is 0 Å². The van der Waals surface area contributed by atoms with Crippen molar-refractivity contribution in [2.45, 2.75) is 12.8 Å². The fraction of sp³-hybridized carbons (Fsp3) is 0.133. The molecule has 1 heterocycles. The van der Waals surface area contributed by atoms with Crippen LogP contribution in [0.2, 0.25) is 0 Å². The van der Waals surface area contributed by atoms with Gasteiger partial charge in [-0.05, 0) is 58.7 Å². The lowest BCUT2D eigenvalue weighted by atomic mass is 10.2. The number of alkyl halides is 1. The van der Waals surface area contributed by atoms with Gasteiger partial charge in [0.05, 0.1) is 22.6 Å². The molecule has 0 fully saturated rings. The van der Waals surface area contributed by atoms with Gasteiger partial charge in [0.25, 0.3) is 0 Å². The number of halogens is 3. The first-order valence-electron chi connectivity index (χ1n) is 6.09. The van der Waals surface area contributed by atoms with Crippen LogP contribution in [0.25, 0.3) is 16.7 Å². The molecular weight excluding hydrogens is 403 g/mol. The number of fused-ring (bicyclic) bond motifs is 1. The Balaban J connectivity index is 2.37. The van der Waals surface area contributed by atoms with Crippen molar-refractivity contribution in [2.75, 3.05) is 0 Å². The third kappa shape index (κ3) is 2.41. The smallest absolute Gasteiger partial charge is 0.129 e. The van der Waals surface area contributed by atoms with Gasteiger partial charge >= 0.3 is 0 Å². The molecule has 0 aliphatic carbocycles. The van der Waals surface area contributed by atoms with Gasteiger partial charge in [-0.15, -0.1) is 11.6 Å². The van der Waals surface area contributed by atoms with E-state index in [4.69, 9.17) is 11.6 Å². The number of aryl methyl sites for hydroxylation is 1. The maximum Gasteiger partial charge on any atom is 0.129 e. The van der Waals surface area contributed by atoms with Crippen molar-refractivity contribution in [3.8, 4) is 5.69 Å². The molecule has 1 aromatic heterocycles. The molecule has 20 heavy (non-hydrogen) atoms. The quantitative estimate of drug-likeness (QED) is 0.499. The van der Waals surface area contributed by atoms with Crippen LogP contribution in [-0.2, 0) is 5.88 Å². The van der Waals surface area contributed by atoms with Gasteiger partial charge in [-0.1, -0.05) is 22.0 Å². The molecule has 2 nitrogen and oxygen atoms in total. The van der Waals surface area contributed by atoms with E-state index in [0.29, 0.717) is 5.88 Å². The highest BCUT2D eigenvalue weighted by Gasteiger charge is 2.14. The Hall–Kier alpha value is -0.840. The van der Waals surface area contributed by atoms with E-state index in [1.54, 1.807) is 0 Å². The van der Waals surface area contributed by atoms with Gasteiger partial charge in [0, 0.05) is 8.95 Å². The molecule has 2 aromatic carbocycles. The summed E-state index contributed by atoms with van der Waals surface area (Å²) in [6.45, 7) is 2.06. The van der Waals surface area contributed by atoms with Crippen LogP contribution in [0.3, 0.4) is 0 Å². The zero-order valence-electron chi connectivity index (χ0n) is 10.7. The Labute approximate surface area is 139 Å². The number of rotatable bonds is 2. The van der Waals surface area contributed by atoms with E-state index in [-0.39, 0.29) is 0 Å². The second-order valence-corrected chi connectivity index (χ2v) is 6.62. The monoisotopic (exact) mass is 412 g/mol. The van der Waals surface area contributed by atoms with Crippen LogP contribution in [0.1, 0.15) is 11.4 Å². The van der Waals surface area contributed by atoms with Gasteiger partial charge in [0.15, 0.2) is 0 Å². The highest BCUT2D eigenvalue weighted by atomic mass is 79.9. The van der Waals surface area contributed by atoms with Crippen LogP contribution in [0.15, 0.2) is 45.3 Å². The van der Waals surface area contributed by atoms with E-state index in [1.807, 2.05) is 12.1 Å². The normalized spacial score (nSPS) is 11.2. The van der Waals surface area contributed by atoms with E-state index in [9.17, 15) is 0 Å². The predicted octanol–water partition coefficient (Wildman–Crippen LogP) is 5.60. The summed E-state index contributed by atoms with van der Waals surface area (Å²) < 4.78 is 4.12. The van der Waals surface area contributed by atoms with Gasteiger partial charge in [0.1, 0.15) is 5.82 Å². The first-order chi connectivity index (χ1) is 9.60. The number of hydrogen-bond acceptors (Lipinski definition) is 1. The summed E-state index contributed by atoms with van der Waals surface area (Å²) >= 11 is 13.2. The Bertz CT molecular complexity index is 796. The Morgan fingerprint density at radius 1 is 1.15 bits per heavy atom. The number of benzene rings is 2. The summed E-state index contributed by atoms with van der Waals surface area (Å²) in [5, 5.41) is 0. The number of nitrogens with zero attached hydrogens (tertiary/aromatic N) is 2. The minimum atomic E-state index is 0.368. The molecule has 3 aromatic rings. The zero-order valence-corrected chi connectivity index (χ0v) is 14.6. The van der Waals surface area contributed by atoms with Crippen molar-refractivity contribution >= 4 is 54.5 Å². The molecule has 0 amide bonds. The average Bonchev–Trinajstić information content (AvgIpc) is 2.78. The lowest BCUT2D eigenvalue weighted by molar-refractivity contribution is 0.976. The van der Waals surface area contributed by atoms with E-state index >= 15 is 0 Å². The van der Waals surface area contributed by atoms with E-state index in [1.165, 1.54) is 5.56 Å². The molecule has 0 N–H and O–H groups in total. The van der Waals surface area contributed by atoms with Gasteiger partial charge in [-0.3, -0.25) is 4.57 Å². The zero-order chi connectivity index (χ0) is 14.3. The van der Waals surface area contributed by atoms with Crippen molar-refractivity contribution in [2.24, 2.45) is 0 Å². The van der Waals surface area contributed by atoms with E-state index in [2.05, 4.69) is 72.6 Å². The highest BCUT2D eigenvalue weighted by Crippen LogP contribution is 2.30. The van der Waals surface area contributed by atoms with Crippen LogP contribution >= 0.6 is 43.5 Å². The summed E-state index contributed by atoms with van der Waals surface area (Å²) in [4.78, 5) is 4.63. The Kier molecular flexibility index (Phi) is 3.89. The second-order valence-electron chi connectivity index (χ2n) is 4.58. The fourth-order valence-corrected chi connectivity index (χ4v) is 3.21. The number of aromatic nitrogens is 2. The summed E-state index contributed by atoms with van der Waals surface area (Å²) in [6, 6.07) is 12.3. The van der Waals surface area contributed by atoms with Crippen molar-refractivity contribution in [3.63, 3.8) is 0 Å². The maximum atomic E-state index is 6.08. The Morgan fingerprint density at radius 3 is 2.70 bits per heavy atom. The average molecular weight is 415 g/mol. The summed E-state index contributed by atoms with van der Waals surface area (Å²) in [7, 11) is 0. The lowest BCUT2D eigenvalue weighted by Crippen LogP contribution is -2.00. The van der Waals surface area contributed by atoms with Gasteiger partial charge in [-0.2, -0.15) is 0 Å². The first-order valence-corrected chi connectivity index (χ1v) is 8.21. The molecule has 0 unspecified atom stereocenters. The van der Waals surface area contributed by atoms with Crippen molar-refractivity contribution in [1.29, 1.82) is 0 Å². The van der Waals surface area contributed by atoms with Gasteiger partial charge in [-0.25, -0.2) is 4.98 Å². The molecule has 102 valence electrons. The molecule has 5 heteroatoms. The molecule has 0 spiro atoms. The van der Waals surface area contributed by atoms with Crippen molar-refractivity contribution < 1.29 is 0 Å². The molecular formula is C15H11Br2ClN2. The molecule has 0 radical (unpaired) electrons. The van der Waals surface area contributed by atoms with Crippen molar-refractivity contribution in [3.05, 3.63) is 56.7 Å². The molecule has 0 aliphatic heterocycles.